The molecule has 2 nitrogen and oxygen atoms in total. The molecule has 90 valence electrons. The van der Waals surface area contributed by atoms with Crippen LogP contribution in [0.1, 0.15) is 20.8 Å². The van der Waals surface area contributed by atoms with Crippen molar-refractivity contribution in [3.05, 3.63) is 22.8 Å². The summed E-state index contributed by atoms with van der Waals surface area (Å²) in [5.74, 6) is 1.77. The summed E-state index contributed by atoms with van der Waals surface area (Å²) in [6.07, 6.45) is 1.85. The maximum absolute atomic E-state index is 4.34. The molecule has 4 heteroatoms. The first-order valence-electron chi connectivity index (χ1n) is 5.55. The van der Waals surface area contributed by atoms with E-state index in [4.69, 9.17) is 0 Å². The van der Waals surface area contributed by atoms with Gasteiger partial charge < -0.3 is 5.32 Å². The van der Waals surface area contributed by atoms with E-state index in [0.717, 1.165) is 21.8 Å². The lowest BCUT2D eigenvalue weighted by molar-refractivity contribution is 0.510. The maximum atomic E-state index is 4.34. The highest BCUT2D eigenvalue weighted by Crippen LogP contribution is 2.19. The Morgan fingerprint density at radius 3 is 2.69 bits per heavy atom. The van der Waals surface area contributed by atoms with Crippen molar-refractivity contribution in [2.45, 2.75) is 31.8 Å². The summed E-state index contributed by atoms with van der Waals surface area (Å²) in [5.41, 5.74) is 0. The van der Waals surface area contributed by atoms with Crippen molar-refractivity contribution < 1.29 is 0 Å². The maximum Gasteiger partial charge on any atom is 0.0960 e. The van der Waals surface area contributed by atoms with E-state index < -0.39 is 0 Å². The fourth-order valence-electron chi connectivity index (χ4n) is 1.17. The van der Waals surface area contributed by atoms with Gasteiger partial charge in [0.05, 0.1) is 5.03 Å². The summed E-state index contributed by atoms with van der Waals surface area (Å²) in [4.78, 5) is 4.34. The fraction of sp³-hybridized carbons (Fsp3) is 0.583. The molecule has 0 saturated heterocycles. The molecule has 0 spiro atoms. The minimum Gasteiger partial charge on any atom is -0.314 e. The smallest absolute Gasteiger partial charge is 0.0960 e. The van der Waals surface area contributed by atoms with Crippen molar-refractivity contribution >= 4 is 27.7 Å². The van der Waals surface area contributed by atoms with Crippen molar-refractivity contribution in [2.75, 3.05) is 12.3 Å². The number of nitrogens with one attached hydrogen (secondary N) is 1. The summed E-state index contributed by atoms with van der Waals surface area (Å²) in [6.45, 7) is 7.69. The molecule has 0 aliphatic heterocycles. The zero-order valence-electron chi connectivity index (χ0n) is 10.0. The van der Waals surface area contributed by atoms with Gasteiger partial charge in [0, 0.05) is 22.5 Å². The second-order valence-electron chi connectivity index (χ2n) is 4.29. The molecule has 1 unspecified atom stereocenters. The number of hydrogen-bond acceptors (Lipinski definition) is 3. The number of rotatable bonds is 6. The molecule has 0 aromatic carbocycles. The van der Waals surface area contributed by atoms with E-state index in [1.807, 2.05) is 24.0 Å². The van der Waals surface area contributed by atoms with E-state index in [1.54, 1.807) is 0 Å². The first kappa shape index (κ1) is 14.0. The predicted octanol–water partition coefficient (Wildman–Crippen LogP) is 3.57. The summed E-state index contributed by atoms with van der Waals surface area (Å²) in [6, 6.07) is 4.65. The Bertz CT molecular complexity index is 300. The third-order valence-corrected chi connectivity index (χ3v) is 3.83. The lowest BCUT2D eigenvalue weighted by Crippen LogP contribution is -2.28. The molecule has 1 heterocycles. The Labute approximate surface area is 111 Å². The van der Waals surface area contributed by atoms with Gasteiger partial charge in [0.25, 0.3) is 0 Å². The van der Waals surface area contributed by atoms with Gasteiger partial charge in [-0.15, -0.1) is 11.8 Å². The van der Waals surface area contributed by atoms with Crippen LogP contribution in [0, 0.1) is 5.92 Å². The minimum absolute atomic E-state index is 0.568. The second kappa shape index (κ2) is 7.30. The van der Waals surface area contributed by atoms with E-state index in [0.29, 0.717) is 12.0 Å². The SMILES string of the molecule is CC(CNC(C)C)CSc1ccc(Br)cn1. The van der Waals surface area contributed by atoms with Crippen LogP contribution in [0.4, 0.5) is 0 Å². The van der Waals surface area contributed by atoms with E-state index in [9.17, 15) is 0 Å². The van der Waals surface area contributed by atoms with Crippen LogP contribution in [0.25, 0.3) is 0 Å². The van der Waals surface area contributed by atoms with Crippen LogP contribution in [0.3, 0.4) is 0 Å². The van der Waals surface area contributed by atoms with Crippen LogP contribution >= 0.6 is 27.7 Å². The molecular weight excluding hydrogens is 284 g/mol. The summed E-state index contributed by atoms with van der Waals surface area (Å²) in [5, 5.41) is 4.55. The molecule has 1 N–H and O–H groups in total. The summed E-state index contributed by atoms with van der Waals surface area (Å²) in [7, 11) is 0. The Kier molecular flexibility index (Phi) is 6.39. The Morgan fingerprint density at radius 2 is 2.12 bits per heavy atom. The molecule has 0 radical (unpaired) electrons. The molecule has 0 aliphatic carbocycles. The Hall–Kier alpha value is -0.0600. The minimum atomic E-state index is 0.568. The van der Waals surface area contributed by atoms with Gasteiger partial charge in [-0.2, -0.15) is 0 Å². The largest absolute Gasteiger partial charge is 0.314 e. The summed E-state index contributed by atoms with van der Waals surface area (Å²) < 4.78 is 1.03. The predicted molar refractivity (Wildman–Crippen MR) is 75.0 cm³/mol. The third kappa shape index (κ3) is 5.87. The molecule has 0 saturated carbocycles. The molecule has 0 amide bonds. The van der Waals surface area contributed by atoms with E-state index >= 15 is 0 Å². The van der Waals surface area contributed by atoms with Gasteiger partial charge in [-0.25, -0.2) is 4.98 Å². The third-order valence-electron chi connectivity index (χ3n) is 2.09. The summed E-state index contributed by atoms with van der Waals surface area (Å²) >= 11 is 5.20. The van der Waals surface area contributed by atoms with E-state index in [2.05, 4.69) is 53.1 Å². The Balaban J connectivity index is 2.26. The van der Waals surface area contributed by atoms with Crippen molar-refractivity contribution in [3.63, 3.8) is 0 Å². The molecule has 0 fully saturated rings. The first-order chi connectivity index (χ1) is 7.58. The van der Waals surface area contributed by atoms with Crippen LogP contribution in [-0.2, 0) is 0 Å². The molecule has 0 aliphatic rings. The lowest BCUT2D eigenvalue weighted by Gasteiger charge is -2.14. The van der Waals surface area contributed by atoms with Gasteiger partial charge in [0.15, 0.2) is 0 Å². The highest BCUT2D eigenvalue weighted by molar-refractivity contribution is 9.10. The van der Waals surface area contributed by atoms with Gasteiger partial charge >= 0.3 is 0 Å². The van der Waals surface area contributed by atoms with Crippen molar-refractivity contribution in [1.82, 2.24) is 10.3 Å². The highest BCUT2D eigenvalue weighted by atomic mass is 79.9. The first-order valence-corrected chi connectivity index (χ1v) is 7.33. The molecule has 0 bridgehead atoms. The van der Waals surface area contributed by atoms with E-state index in [-0.39, 0.29) is 0 Å². The fourth-order valence-corrected chi connectivity index (χ4v) is 2.27. The molecule has 1 aromatic heterocycles. The topological polar surface area (TPSA) is 24.9 Å². The number of nitrogens with zero attached hydrogens (tertiary/aromatic N) is 1. The zero-order chi connectivity index (χ0) is 12.0. The van der Waals surface area contributed by atoms with E-state index in [1.165, 1.54) is 0 Å². The molecule has 1 atom stereocenters. The van der Waals surface area contributed by atoms with Crippen LogP contribution in [-0.4, -0.2) is 23.3 Å². The quantitative estimate of drug-likeness (QED) is 0.813. The molecule has 1 aromatic rings. The van der Waals surface area contributed by atoms with Crippen molar-refractivity contribution in [3.8, 4) is 0 Å². The normalized spacial score (nSPS) is 13.1. The van der Waals surface area contributed by atoms with Gasteiger partial charge in [-0.3, -0.25) is 0 Å². The van der Waals surface area contributed by atoms with Gasteiger partial charge in [-0.05, 0) is 40.5 Å². The second-order valence-corrected chi connectivity index (χ2v) is 6.25. The van der Waals surface area contributed by atoms with Gasteiger partial charge in [-0.1, -0.05) is 20.8 Å². The highest BCUT2D eigenvalue weighted by Gasteiger charge is 2.04. The number of pyridine rings is 1. The van der Waals surface area contributed by atoms with Crippen LogP contribution < -0.4 is 5.32 Å². The monoisotopic (exact) mass is 302 g/mol. The molecular formula is C12H19BrN2S. The van der Waals surface area contributed by atoms with Crippen LogP contribution in [0.5, 0.6) is 0 Å². The van der Waals surface area contributed by atoms with Crippen molar-refractivity contribution in [2.24, 2.45) is 5.92 Å². The molecule has 1 rings (SSSR count). The van der Waals surface area contributed by atoms with Crippen LogP contribution in [0.2, 0.25) is 0 Å². The average molecular weight is 303 g/mol. The van der Waals surface area contributed by atoms with Gasteiger partial charge in [0.1, 0.15) is 0 Å². The zero-order valence-corrected chi connectivity index (χ0v) is 12.4. The number of halogens is 1. The van der Waals surface area contributed by atoms with Gasteiger partial charge in [0.2, 0.25) is 0 Å². The standard InChI is InChI=1S/C12H19BrN2S/c1-9(2)14-6-10(3)8-16-12-5-4-11(13)7-15-12/h4-5,7,9-10,14H,6,8H2,1-3H3. The average Bonchev–Trinajstić information content (AvgIpc) is 2.25. The number of thioether (sulfide) groups is 1. The Morgan fingerprint density at radius 1 is 1.38 bits per heavy atom. The number of aromatic nitrogens is 1. The molecule has 16 heavy (non-hydrogen) atoms. The number of hydrogen-bond donors (Lipinski definition) is 1. The van der Waals surface area contributed by atoms with Crippen molar-refractivity contribution in [1.29, 1.82) is 0 Å². The lowest BCUT2D eigenvalue weighted by atomic mass is 10.2. The van der Waals surface area contributed by atoms with Crippen LogP contribution in [0.15, 0.2) is 27.8 Å².